The fourth-order valence-corrected chi connectivity index (χ4v) is 14.3. The number of anilines is 6. The standard InChI is InChI=1S/C84H53BN4/c1-5-19-54(20-6-1)58-37-41-68(42-38-58)88-78-48-62-35-33-60-27-13-15-29-70(60)73(62)52-75(78)85-76-53-74-63(36-34-61-28-14-16-30-71(61)74)49-79(76)89(69-43-39-59(40-44-69)55-21-7-2-8-22-55)81-51-67(50-80(88)82(81)85)84-86-77-32-18-17-31-72(77)83(87-84)66-46-64(56-23-9-3-10-24-56)45-65(47-66)57-25-11-4-12-26-57/h1-53H. The molecule has 0 amide bonds. The minimum atomic E-state index is -0.185. The Kier molecular flexibility index (Phi) is 11.7. The molecule has 4 nitrogen and oxygen atoms in total. The molecule has 18 rings (SSSR count). The second-order valence-electron chi connectivity index (χ2n) is 23.6. The quantitative estimate of drug-likeness (QED) is 0.112. The molecule has 0 fully saturated rings. The van der Waals surface area contributed by atoms with E-state index in [0.29, 0.717) is 5.82 Å². The molecular formula is C84H53BN4. The maximum atomic E-state index is 5.84. The molecule has 5 heteroatoms. The molecule has 15 aromatic carbocycles. The lowest BCUT2D eigenvalue weighted by molar-refractivity contribution is 1.21. The zero-order valence-electron chi connectivity index (χ0n) is 48.5. The van der Waals surface area contributed by atoms with E-state index in [-0.39, 0.29) is 6.71 Å². The molecule has 16 aromatic rings. The highest BCUT2D eigenvalue weighted by atomic mass is 15.2. The topological polar surface area (TPSA) is 32.3 Å². The van der Waals surface area contributed by atoms with Crippen molar-refractivity contribution in [2.24, 2.45) is 0 Å². The van der Waals surface area contributed by atoms with Crippen LogP contribution in [0, 0.1) is 0 Å². The molecule has 0 spiro atoms. The maximum absolute atomic E-state index is 5.84. The average Bonchev–Trinajstić information content (AvgIpc) is 0.906. The Morgan fingerprint density at radius 1 is 0.236 bits per heavy atom. The molecule has 1 aromatic heterocycles. The summed E-state index contributed by atoms with van der Waals surface area (Å²) in [7, 11) is 0. The van der Waals surface area contributed by atoms with Crippen molar-refractivity contribution in [2.75, 3.05) is 9.80 Å². The highest BCUT2D eigenvalue weighted by molar-refractivity contribution is 7.00. The summed E-state index contributed by atoms with van der Waals surface area (Å²) in [6.07, 6.45) is 0. The smallest absolute Gasteiger partial charge is 0.252 e. The third kappa shape index (κ3) is 8.46. The largest absolute Gasteiger partial charge is 0.311 e. The van der Waals surface area contributed by atoms with E-state index in [1.165, 1.54) is 70.6 Å². The van der Waals surface area contributed by atoms with Crippen LogP contribution in [0.1, 0.15) is 0 Å². The van der Waals surface area contributed by atoms with Crippen LogP contribution in [0.4, 0.5) is 34.1 Å². The molecule has 0 aliphatic carbocycles. The minimum Gasteiger partial charge on any atom is -0.311 e. The Morgan fingerprint density at radius 3 is 1.09 bits per heavy atom. The van der Waals surface area contributed by atoms with Crippen molar-refractivity contribution >= 4 is 111 Å². The van der Waals surface area contributed by atoms with Gasteiger partial charge in [-0.2, -0.15) is 0 Å². The molecule has 0 unspecified atom stereocenters. The van der Waals surface area contributed by atoms with E-state index < -0.39 is 0 Å². The number of hydrogen-bond acceptors (Lipinski definition) is 4. The SMILES string of the molecule is c1ccc(-c2ccc(N3c4cc5ccc6ccccc6c5cc4B4c5cc6c(ccc7ccccc76)cc5N(c5ccc(-c6ccccc6)cc5)c5cc(-c6nc(-c7cc(-c8ccccc8)cc(-c8ccccc8)c7)c7ccccc7n6)cc3c54)cc2)cc1. The number of fused-ring (bicyclic) bond motifs is 11. The molecule has 412 valence electrons. The van der Waals surface area contributed by atoms with Gasteiger partial charge in [0, 0.05) is 50.6 Å². The van der Waals surface area contributed by atoms with Crippen LogP contribution < -0.4 is 26.2 Å². The fourth-order valence-electron chi connectivity index (χ4n) is 14.3. The van der Waals surface area contributed by atoms with Gasteiger partial charge in [-0.25, -0.2) is 9.97 Å². The third-order valence-corrected chi connectivity index (χ3v) is 18.5. The van der Waals surface area contributed by atoms with Crippen LogP contribution in [0.3, 0.4) is 0 Å². The van der Waals surface area contributed by atoms with Crippen molar-refractivity contribution in [3.05, 3.63) is 322 Å². The summed E-state index contributed by atoms with van der Waals surface area (Å²) in [6.45, 7) is -0.185. The van der Waals surface area contributed by atoms with Crippen molar-refractivity contribution in [2.45, 2.75) is 0 Å². The Bertz CT molecular complexity index is 5190. The Labute approximate surface area is 516 Å². The highest BCUT2D eigenvalue weighted by Gasteiger charge is 2.44. The minimum absolute atomic E-state index is 0.185. The van der Waals surface area contributed by atoms with Gasteiger partial charge in [-0.05, 0) is 177 Å². The Morgan fingerprint density at radius 2 is 0.618 bits per heavy atom. The molecule has 0 bridgehead atoms. The van der Waals surface area contributed by atoms with E-state index in [9.17, 15) is 0 Å². The molecule has 0 atom stereocenters. The summed E-state index contributed by atoms with van der Waals surface area (Å²) in [5.41, 5.74) is 23.1. The van der Waals surface area contributed by atoms with Crippen LogP contribution in [-0.2, 0) is 0 Å². The number of hydrogen-bond donors (Lipinski definition) is 0. The molecule has 89 heavy (non-hydrogen) atoms. The van der Waals surface area contributed by atoms with Crippen molar-refractivity contribution in [3.63, 3.8) is 0 Å². The molecule has 0 saturated carbocycles. The van der Waals surface area contributed by atoms with Crippen molar-refractivity contribution in [1.29, 1.82) is 0 Å². The van der Waals surface area contributed by atoms with E-state index in [0.717, 1.165) is 95.2 Å². The van der Waals surface area contributed by atoms with Gasteiger partial charge in [0.1, 0.15) is 0 Å². The summed E-state index contributed by atoms with van der Waals surface area (Å²) in [5, 5.41) is 10.7. The van der Waals surface area contributed by atoms with E-state index >= 15 is 0 Å². The van der Waals surface area contributed by atoms with Gasteiger partial charge in [0.2, 0.25) is 0 Å². The molecule has 0 saturated heterocycles. The van der Waals surface area contributed by atoms with Crippen LogP contribution in [0.2, 0.25) is 0 Å². The van der Waals surface area contributed by atoms with E-state index in [1.54, 1.807) is 0 Å². The van der Waals surface area contributed by atoms with Gasteiger partial charge in [-0.1, -0.05) is 249 Å². The lowest BCUT2D eigenvalue weighted by atomic mass is 9.33. The molecule has 0 N–H and O–H groups in total. The second kappa shape index (κ2) is 20.5. The van der Waals surface area contributed by atoms with Gasteiger partial charge in [0.15, 0.2) is 5.82 Å². The van der Waals surface area contributed by atoms with Gasteiger partial charge < -0.3 is 9.80 Å². The third-order valence-electron chi connectivity index (χ3n) is 18.5. The van der Waals surface area contributed by atoms with Crippen LogP contribution in [0.25, 0.3) is 121 Å². The van der Waals surface area contributed by atoms with E-state index in [4.69, 9.17) is 9.97 Å². The van der Waals surface area contributed by atoms with Gasteiger partial charge >= 0.3 is 0 Å². The van der Waals surface area contributed by atoms with Crippen LogP contribution in [0.15, 0.2) is 322 Å². The predicted octanol–water partition coefficient (Wildman–Crippen LogP) is 20.3. The zero-order chi connectivity index (χ0) is 58.5. The van der Waals surface area contributed by atoms with Gasteiger partial charge in [0.25, 0.3) is 6.71 Å². The van der Waals surface area contributed by atoms with Gasteiger partial charge in [-0.15, -0.1) is 0 Å². The predicted molar refractivity (Wildman–Crippen MR) is 376 cm³/mol. The first-order chi connectivity index (χ1) is 44.1. The number of rotatable bonds is 8. The normalized spacial score (nSPS) is 12.4. The van der Waals surface area contributed by atoms with Gasteiger partial charge in [0.05, 0.1) is 11.2 Å². The molecule has 2 aliphatic rings. The highest BCUT2D eigenvalue weighted by Crippen LogP contribution is 2.49. The van der Waals surface area contributed by atoms with E-state index in [1.807, 2.05) is 0 Å². The van der Waals surface area contributed by atoms with Gasteiger partial charge in [-0.3, -0.25) is 0 Å². The van der Waals surface area contributed by atoms with E-state index in [2.05, 4.69) is 331 Å². The first-order valence-corrected chi connectivity index (χ1v) is 30.6. The fraction of sp³-hybridized carbons (Fsp3) is 0. The number of nitrogens with zero attached hydrogens (tertiary/aromatic N) is 4. The zero-order valence-corrected chi connectivity index (χ0v) is 48.5. The van der Waals surface area contributed by atoms with Crippen LogP contribution in [0.5, 0.6) is 0 Å². The Balaban J connectivity index is 0.951. The van der Waals surface area contributed by atoms with Crippen molar-refractivity contribution in [1.82, 2.24) is 9.97 Å². The number of aromatic nitrogens is 2. The first kappa shape index (κ1) is 50.6. The van der Waals surface area contributed by atoms with Crippen molar-refractivity contribution < 1.29 is 0 Å². The monoisotopic (exact) mass is 1130 g/mol. The molecular weight excluding hydrogens is 1080 g/mol. The average molecular weight is 1130 g/mol. The molecule has 2 aliphatic heterocycles. The second-order valence-corrected chi connectivity index (χ2v) is 23.6. The summed E-state index contributed by atoms with van der Waals surface area (Å²) in [4.78, 5) is 16.5. The lowest BCUT2D eigenvalue weighted by Gasteiger charge is -2.44. The molecule has 3 heterocycles. The first-order valence-electron chi connectivity index (χ1n) is 30.6. The summed E-state index contributed by atoms with van der Waals surface area (Å²) in [6, 6.07) is 118. The number of para-hydroxylation sites is 1. The lowest BCUT2D eigenvalue weighted by Crippen LogP contribution is -2.61. The summed E-state index contributed by atoms with van der Waals surface area (Å²) in [5.74, 6) is 0.644. The van der Waals surface area contributed by atoms with Crippen LogP contribution >= 0.6 is 0 Å². The summed E-state index contributed by atoms with van der Waals surface area (Å²) < 4.78 is 0. The Hall–Kier alpha value is -11.7. The number of benzene rings is 15. The van der Waals surface area contributed by atoms with Crippen LogP contribution in [-0.4, -0.2) is 16.7 Å². The molecule has 0 radical (unpaired) electrons. The van der Waals surface area contributed by atoms with Crippen molar-refractivity contribution in [3.8, 4) is 67.2 Å². The maximum Gasteiger partial charge on any atom is 0.252 e. The summed E-state index contributed by atoms with van der Waals surface area (Å²) >= 11 is 0.